The molecule has 1 aromatic heterocycles. The molecule has 0 aliphatic carbocycles. The maximum absolute atomic E-state index is 13.0. The van der Waals surface area contributed by atoms with Crippen LogP contribution < -0.4 is 15.0 Å². The average Bonchev–Trinajstić information content (AvgIpc) is 2.61. The van der Waals surface area contributed by atoms with E-state index in [1.165, 1.54) is 24.5 Å². The van der Waals surface area contributed by atoms with Crippen molar-refractivity contribution in [2.75, 3.05) is 21.0 Å². The monoisotopic (exact) mass is 346 g/mol. The molecule has 0 aliphatic heterocycles. The Kier molecular flexibility index (Phi) is 6.20. The van der Waals surface area contributed by atoms with Crippen LogP contribution in [0.5, 0.6) is 11.6 Å². The van der Waals surface area contributed by atoms with Gasteiger partial charge in [-0.3, -0.25) is 4.79 Å². The Bertz CT molecular complexity index is 787. The van der Waals surface area contributed by atoms with Crippen molar-refractivity contribution in [2.45, 2.75) is 33.6 Å². The Hall–Kier alpha value is -2.34. The zero-order valence-electron chi connectivity index (χ0n) is 15.8. The highest BCUT2D eigenvalue weighted by atomic mass is 16.7. The molecule has 136 valence electrons. The summed E-state index contributed by atoms with van der Waals surface area (Å²) in [5, 5.41) is 4.16. The van der Waals surface area contributed by atoms with Crippen molar-refractivity contribution in [3.63, 3.8) is 0 Å². The minimum atomic E-state index is -0.222. The van der Waals surface area contributed by atoms with Crippen LogP contribution in [0.1, 0.15) is 30.5 Å². The van der Waals surface area contributed by atoms with Crippen molar-refractivity contribution < 1.29 is 14.2 Å². The molecule has 2 rings (SSSR count). The van der Waals surface area contributed by atoms with Crippen LogP contribution in [0.15, 0.2) is 16.9 Å². The molecular formula is C19H26N2O4. The number of methoxy groups -OCH3 is 2. The van der Waals surface area contributed by atoms with Gasteiger partial charge in [0, 0.05) is 14.2 Å². The molecule has 0 unspecified atom stereocenters. The van der Waals surface area contributed by atoms with E-state index in [-0.39, 0.29) is 18.2 Å². The fraction of sp³-hybridized carbons (Fsp3) is 0.474. The Morgan fingerprint density at radius 3 is 2.16 bits per heavy atom. The van der Waals surface area contributed by atoms with E-state index in [2.05, 4.69) is 38.0 Å². The van der Waals surface area contributed by atoms with Crippen LogP contribution in [0.4, 0.5) is 0 Å². The SMILES string of the molecule is CCc1cc(C)cc(CC)c1-c1c(OCOC)c(OC)nn(C)c1=O. The first-order valence-electron chi connectivity index (χ1n) is 8.38. The fourth-order valence-corrected chi connectivity index (χ4v) is 3.02. The molecule has 1 aromatic carbocycles. The molecule has 0 aliphatic rings. The molecule has 0 spiro atoms. The molecule has 1 heterocycles. The second-order valence-corrected chi connectivity index (χ2v) is 5.86. The van der Waals surface area contributed by atoms with E-state index < -0.39 is 0 Å². The summed E-state index contributed by atoms with van der Waals surface area (Å²) in [5.74, 6) is 0.583. The summed E-state index contributed by atoms with van der Waals surface area (Å²) in [7, 11) is 4.65. The molecule has 0 saturated carbocycles. The molecule has 0 saturated heterocycles. The predicted molar refractivity (Wildman–Crippen MR) is 97.5 cm³/mol. The number of rotatable bonds is 7. The van der Waals surface area contributed by atoms with Gasteiger partial charge in [0.2, 0.25) is 0 Å². The van der Waals surface area contributed by atoms with Gasteiger partial charge in [0.15, 0.2) is 12.5 Å². The molecule has 0 N–H and O–H groups in total. The molecule has 0 fully saturated rings. The van der Waals surface area contributed by atoms with Gasteiger partial charge in [0.1, 0.15) is 0 Å². The zero-order valence-corrected chi connectivity index (χ0v) is 15.8. The van der Waals surface area contributed by atoms with E-state index in [9.17, 15) is 4.79 Å². The molecule has 25 heavy (non-hydrogen) atoms. The number of hydrogen-bond acceptors (Lipinski definition) is 5. The highest BCUT2D eigenvalue weighted by molar-refractivity contribution is 5.77. The first kappa shape index (κ1) is 19.0. The smallest absolute Gasteiger partial charge is 0.278 e. The van der Waals surface area contributed by atoms with Crippen LogP contribution in [-0.4, -0.2) is 30.8 Å². The number of hydrogen-bond donors (Lipinski definition) is 0. The van der Waals surface area contributed by atoms with Crippen LogP contribution in [0, 0.1) is 6.92 Å². The quantitative estimate of drug-likeness (QED) is 0.722. The largest absolute Gasteiger partial charge is 0.477 e. The third-order valence-corrected chi connectivity index (χ3v) is 4.14. The first-order chi connectivity index (χ1) is 12.0. The third-order valence-electron chi connectivity index (χ3n) is 4.14. The van der Waals surface area contributed by atoms with Crippen LogP contribution in [0.3, 0.4) is 0 Å². The van der Waals surface area contributed by atoms with Crippen LogP contribution in [0.25, 0.3) is 11.1 Å². The van der Waals surface area contributed by atoms with Crippen LogP contribution in [0.2, 0.25) is 0 Å². The number of aromatic nitrogens is 2. The summed E-state index contributed by atoms with van der Waals surface area (Å²) in [4.78, 5) is 13.0. The molecular weight excluding hydrogens is 320 g/mol. The van der Waals surface area contributed by atoms with E-state index in [1.54, 1.807) is 7.05 Å². The molecule has 6 heteroatoms. The first-order valence-corrected chi connectivity index (χ1v) is 8.38. The minimum absolute atomic E-state index is 0.00693. The third kappa shape index (κ3) is 3.69. The van der Waals surface area contributed by atoms with Gasteiger partial charge in [-0.1, -0.05) is 31.5 Å². The van der Waals surface area contributed by atoms with Gasteiger partial charge >= 0.3 is 0 Å². The van der Waals surface area contributed by atoms with Gasteiger partial charge in [-0.15, -0.1) is 5.10 Å². The lowest BCUT2D eigenvalue weighted by Crippen LogP contribution is -2.24. The Labute approximate surface area is 148 Å². The van der Waals surface area contributed by atoms with E-state index in [0.717, 1.165) is 29.5 Å². The molecule has 0 bridgehead atoms. The van der Waals surface area contributed by atoms with E-state index >= 15 is 0 Å². The van der Waals surface area contributed by atoms with E-state index in [0.29, 0.717) is 11.3 Å². The highest BCUT2D eigenvalue weighted by Gasteiger charge is 2.24. The van der Waals surface area contributed by atoms with Crippen LogP contribution in [-0.2, 0) is 24.6 Å². The Balaban J connectivity index is 2.91. The molecule has 0 radical (unpaired) electrons. The van der Waals surface area contributed by atoms with Crippen molar-refractivity contribution >= 4 is 0 Å². The zero-order chi connectivity index (χ0) is 18.6. The van der Waals surface area contributed by atoms with E-state index in [4.69, 9.17) is 14.2 Å². The summed E-state index contributed by atoms with van der Waals surface area (Å²) in [6, 6.07) is 4.22. The average molecular weight is 346 g/mol. The van der Waals surface area contributed by atoms with Crippen molar-refractivity contribution in [3.05, 3.63) is 39.2 Å². The predicted octanol–water partition coefficient (Wildman–Crippen LogP) is 2.87. The standard InChI is InChI=1S/C19H26N2O4/c1-7-13-9-12(3)10-14(8-2)15(13)16-17(25-11-23-5)18(24-6)20-21(4)19(16)22/h9-10H,7-8,11H2,1-6H3. The van der Waals surface area contributed by atoms with Gasteiger partial charge in [-0.25, -0.2) is 4.68 Å². The summed E-state index contributed by atoms with van der Waals surface area (Å²) >= 11 is 0. The topological polar surface area (TPSA) is 62.6 Å². The summed E-state index contributed by atoms with van der Waals surface area (Å²) in [6.45, 7) is 6.23. The second-order valence-electron chi connectivity index (χ2n) is 5.86. The molecule has 0 amide bonds. The van der Waals surface area contributed by atoms with Gasteiger partial charge in [0.05, 0.1) is 12.7 Å². The van der Waals surface area contributed by atoms with Gasteiger partial charge in [-0.2, -0.15) is 0 Å². The lowest BCUT2D eigenvalue weighted by Gasteiger charge is -2.19. The number of aryl methyl sites for hydroxylation is 4. The molecule has 0 atom stereocenters. The van der Waals surface area contributed by atoms with Gasteiger partial charge < -0.3 is 14.2 Å². The molecule has 2 aromatic rings. The summed E-state index contributed by atoms with van der Waals surface area (Å²) < 4.78 is 17.4. The lowest BCUT2D eigenvalue weighted by atomic mass is 9.90. The van der Waals surface area contributed by atoms with Gasteiger partial charge in [0.25, 0.3) is 11.4 Å². The highest BCUT2D eigenvalue weighted by Crippen LogP contribution is 2.38. The van der Waals surface area contributed by atoms with Crippen molar-refractivity contribution in [3.8, 4) is 22.8 Å². The van der Waals surface area contributed by atoms with Crippen molar-refractivity contribution in [1.29, 1.82) is 0 Å². The van der Waals surface area contributed by atoms with Crippen molar-refractivity contribution in [1.82, 2.24) is 9.78 Å². The lowest BCUT2D eigenvalue weighted by molar-refractivity contribution is 0.0486. The second kappa shape index (κ2) is 8.16. The fourth-order valence-electron chi connectivity index (χ4n) is 3.02. The van der Waals surface area contributed by atoms with E-state index in [1.807, 2.05) is 0 Å². The molecule has 6 nitrogen and oxygen atoms in total. The Morgan fingerprint density at radius 1 is 1.08 bits per heavy atom. The van der Waals surface area contributed by atoms with Crippen LogP contribution >= 0.6 is 0 Å². The van der Waals surface area contributed by atoms with Crippen molar-refractivity contribution in [2.24, 2.45) is 7.05 Å². The maximum Gasteiger partial charge on any atom is 0.278 e. The Morgan fingerprint density at radius 2 is 1.68 bits per heavy atom. The summed E-state index contributed by atoms with van der Waals surface area (Å²) in [6.07, 6.45) is 1.61. The number of ether oxygens (including phenoxy) is 3. The normalized spacial score (nSPS) is 10.8. The number of benzene rings is 1. The maximum atomic E-state index is 13.0. The number of nitrogens with zero attached hydrogens (tertiary/aromatic N) is 2. The minimum Gasteiger partial charge on any atom is -0.477 e. The van der Waals surface area contributed by atoms with Gasteiger partial charge in [-0.05, 0) is 36.5 Å². The summed E-state index contributed by atoms with van der Waals surface area (Å²) in [5.41, 5.74) is 4.53.